The van der Waals surface area contributed by atoms with Crippen LogP contribution in [0.15, 0.2) is 30.3 Å². The first-order valence-corrected chi connectivity index (χ1v) is 5.43. The monoisotopic (exact) mass is 220 g/mol. The molecule has 3 heteroatoms. The van der Waals surface area contributed by atoms with Gasteiger partial charge in [-0.15, -0.1) is 0 Å². The van der Waals surface area contributed by atoms with Crippen molar-refractivity contribution in [2.45, 2.75) is 13.5 Å². The van der Waals surface area contributed by atoms with Crippen molar-refractivity contribution < 1.29 is 0 Å². The third-order valence-corrected chi connectivity index (χ3v) is 2.50. The molecule has 0 spiro atoms. The quantitative estimate of drug-likeness (QED) is 0.860. The summed E-state index contributed by atoms with van der Waals surface area (Å²) in [6, 6.07) is 9.84. The molecule has 1 aromatic carbocycles. The predicted molar refractivity (Wildman–Crippen MR) is 64.1 cm³/mol. The van der Waals surface area contributed by atoms with E-state index in [1.54, 1.807) is 0 Å². The van der Waals surface area contributed by atoms with E-state index in [9.17, 15) is 0 Å². The molecule has 0 amide bonds. The Bertz CT molecular complexity index is 468. The Kier molecular flexibility index (Phi) is 3.19. The fourth-order valence-electron chi connectivity index (χ4n) is 1.49. The zero-order chi connectivity index (χ0) is 10.7. The topological polar surface area (TPSA) is 24.9 Å². The highest BCUT2D eigenvalue weighted by Crippen LogP contribution is 2.17. The van der Waals surface area contributed by atoms with Gasteiger partial charge < -0.3 is 5.32 Å². The van der Waals surface area contributed by atoms with Gasteiger partial charge in [0.25, 0.3) is 0 Å². The summed E-state index contributed by atoms with van der Waals surface area (Å²) in [7, 11) is 0. The lowest BCUT2D eigenvalue weighted by Crippen LogP contribution is -2.12. The maximum absolute atomic E-state index is 5.90. The summed E-state index contributed by atoms with van der Waals surface area (Å²) in [5.74, 6) is 0. The molecular formula is C12H13ClN2. The van der Waals surface area contributed by atoms with E-state index in [0.29, 0.717) is 0 Å². The van der Waals surface area contributed by atoms with Crippen LogP contribution in [-0.4, -0.2) is 11.5 Å². The van der Waals surface area contributed by atoms with E-state index in [0.717, 1.165) is 34.7 Å². The van der Waals surface area contributed by atoms with Crippen LogP contribution in [0, 0.1) is 0 Å². The van der Waals surface area contributed by atoms with Crippen LogP contribution in [0.5, 0.6) is 0 Å². The van der Waals surface area contributed by atoms with Gasteiger partial charge in [-0.25, -0.2) is 0 Å². The molecule has 0 aliphatic carbocycles. The SMILES string of the molecule is CCNCc1ccc2cc(Cl)ccc2n1. The zero-order valence-electron chi connectivity index (χ0n) is 8.63. The number of rotatable bonds is 3. The molecular weight excluding hydrogens is 208 g/mol. The largest absolute Gasteiger partial charge is 0.311 e. The minimum Gasteiger partial charge on any atom is -0.311 e. The number of benzene rings is 1. The average molecular weight is 221 g/mol. The van der Waals surface area contributed by atoms with Crippen molar-refractivity contribution in [2.75, 3.05) is 6.54 Å². The zero-order valence-corrected chi connectivity index (χ0v) is 9.38. The number of nitrogens with zero attached hydrogens (tertiary/aromatic N) is 1. The molecule has 0 aliphatic heterocycles. The van der Waals surface area contributed by atoms with E-state index in [1.807, 2.05) is 24.3 Å². The Morgan fingerprint density at radius 3 is 2.93 bits per heavy atom. The molecule has 1 aromatic heterocycles. The minimum atomic E-state index is 0.753. The standard InChI is InChI=1S/C12H13ClN2/c1-2-14-8-11-5-3-9-7-10(13)4-6-12(9)15-11/h3-7,14H,2,8H2,1H3. The van der Waals surface area contributed by atoms with E-state index in [4.69, 9.17) is 11.6 Å². The van der Waals surface area contributed by atoms with Crippen molar-refractivity contribution in [1.29, 1.82) is 0 Å². The van der Waals surface area contributed by atoms with Crippen LogP contribution in [0.2, 0.25) is 5.02 Å². The van der Waals surface area contributed by atoms with Crippen molar-refractivity contribution in [3.63, 3.8) is 0 Å². The molecule has 15 heavy (non-hydrogen) atoms. The van der Waals surface area contributed by atoms with Crippen molar-refractivity contribution in [3.05, 3.63) is 41.0 Å². The highest BCUT2D eigenvalue weighted by Gasteiger charge is 1.98. The van der Waals surface area contributed by atoms with E-state index < -0.39 is 0 Å². The minimum absolute atomic E-state index is 0.753. The predicted octanol–water partition coefficient (Wildman–Crippen LogP) is 3.00. The van der Waals surface area contributed by atoms with Crippen LogP contribution < -0.4 is 5.32 Å². The maximum Gasteiger partial charge on any atom is 0.0706 e. The smallest absolute Gasteiger partial charge is 0.0706 e. The van der Waals surface area contributed by atoms with E-state index >= 15 is 0 Å². The Labute approximate surface area is 94.3 Å². The van der Waals surface area contributed by atoms with Crippen molar-refractivity contribution in [1.82, 2.24) is 10.3 Å². The molecule has 0 unspecified atom stereocenters. The molecule has 2 aromatic rings. The van der Waals surface area contributed by atoms with E-state index in [-0.39, 0.29) is 0 Å². The highest BCUT2D eigenvalue weighted by molar-refractivity contribution is 6.31. The number of fused-ring (bicyclic) bond motifs is 1. The van der Waals surface area contributed by atoms with Gasteiger partial charge in [0.1, 0.15) is 0 Å². The van der Waals surface area contributed by atoms with Gasteiger partial charge in [0.2, 0.25) is 0 Å². The molecule has 0 saturated carbocycles. The number of aromatic nitrogens is 1. The summed E-state index contributed by atoms with van der Waals surface area (Å²) >= 11 is 5.90. The molecule has 1 N–H and O–H groups in total. The lowest BCUT2D eigenvalue weighted by molar-refractivity contribution is 0.713. The molecule has 78 valence electrons. The second-order valence-electron chi connectivity index (χ2n) is 3.42. The van der Waals surface area contributed by atoms with Crippen LogP contribution >= 0.6 is 11.6 Å². The first kappa shape index (κ1) is 10.4. The van der Waals surface area contributed by atoms with Crippen molar-refractivity contribution >= 4 is 22.5 Å². The average Bonchev–Trinajstić information content (AvgIpc) is 2.26. The lowest BCUT2D eigenvalue weighted by Gasteiger charge is -2.03. The molecule has 0 bridgehead atoms. The third kappa shape index (κ3) is 2.46. The molecule has 2 rings (SSSR count). The van der Waals surface area contributed by atoms with Crippen molar-refractivity contribution in [3.8, 4) is 0 Å². The Hall–Kier alpha value is -1.12. The summed E-state index contributed by atoms with van der Waals surface area (Å²) in [4.78, 5) is 4.53. The second kappa shape index (κ2) is 4.60. The molecule has 2 nitrogen and oxygen atoms in total. The van der Waals surface area contributed by atoms with Gasteiger partial charge in [-0.05, 0) is 30.8 Å². The molecule has 0 fully saturated rings. The van der Waals surface area contributed by atoms with Crippen LogP contribution in [0.3, 0.4) is 0 Å². The summed E-state index contributed by atoms with van der Waals surface area (Å²) < 4.78 is 0. The number of hydrogen-bond acceptors (Lipinski definition) is 2. The van der Waals surface area contributed by atoms with Gasteiger partial charge in [0.05, 0.1) is 11.2 Å². The van der Waals surface area contributed by atoms with Crippen LogP contribution in [0.4, 0.5) is 0 Å². The molecule has 0 radical (unpaired) electrons. The fraction of sp³-hybridized carbons (Fsp3) is 0.250. The third-order valence-electron chi connectivity index (χ3n) is 2.27. The van der Waals surface area contributed by atoms with Gasteiger partial charge in [-0.3, -0.25) is 4.98 Å². The number of pyridine rings is 1. The molecule has 0 atom stereocenters. The Balaban J connectivity index is 2.34. The van der Waals surface area contributed by atoms with Gasteiger partial charge in [0, 0.05) is 17.0 Å². The normalized spacial score (nSPS) is 10.8. The van der Waals surface area contributed by atoms with E-state index in [1.165, 1.54) is 0 Å². The number of hydrogen-bond donors (Lipinski definition) is 1. The number of nitrogens with one attached hydrogen (secondary N) is 1. The van der Waals surface area contributed by atoms with Crippen LogP contribution in [0.25, 0.3) is 10.9 Å². The molecule has 1 heterocycles. The van der Waals surface area contributed by atoms with Gasteiger partial charge in [-0.2, -0.15) is 0 Å². The van der Waals surface area contributed by atoms with E-state index in [2.05, 4.69) is 23.3 Å². The highest BCUT2D eigenvalue weighted by atomic mass is 35.5. The maximum atomic E-state index is 5.90. The van der Waals surface area contributed by atoms with Crippen molar-refractivity contribution in [2.24, 2.45) is 0 Å². The summed E-state index contributed by atoms with van der Waals surface area (Å²) in [5, 5.41) is 5.09. The van der Waals surface area contributed by atoms with Crippen LogP contribution in [0.1, 0.15) is 12.6 Å². The fourth-order valence-corrected chi connectivity index (χ4v) is 1.67. The van der Waals surface area contributed by atoms with Gasteiger partial charge >= 0.3 is 0 Å². The summed E-state index contributed by atoms with van der Waals surface area (Å²) in [5.41, 5.74) is 2.06. The summed E-state index contributed by atoms with van der Waals surface area (Å²) in [6.45, 7) is 3.86. The van der Waals surface area contributed by atoms with Gasteiger partial charge in [0.15, 0.2) is 0 Å². The Morgan fingerprint density at radius 2 is 2.13 bits per heavy atom. The first-order chi connectivity index (χ1) is 7.29. The lowest BCUT2D eigenvalue weighted by atomic mass is 10.2. The molecule has 0 saturated heterocycles. The summed E-state index contributed by atoms with van der Waals surface area (Å²) in [6.07, 6.45) is 0. The number of halogens is 1. The second-order valence-corrected chi connectivity index (χ2v) is 3.86. The Morgan fingerprint density at radius 1 is 1.27 bits per heavy atom. The van der Waals surface area contributed by atoms with Gasteiger partial charge in [-0.1, -0.05) is 24.6 Å². The van der Waals surface area contributed by atoms with Crippen LogP contribution in [-0.2, 0) is 6.54 Å². The first-order valence-electron chi connectivity index (χ1n) is 5.05. The molecule has 0 aliphatic rings.